The minimum atomic E-state index is -0.724. The first kappa shape index (κ1) is 16.2. The van der Waals surface area contributed by atoms with Crippen LogP contribution in [0.3, 0.4) is 0 Å². The molecule has 0 unspecified atom stereocenters. The van der Waals surface area contributed by atoms with E-state index in [0.29, 0.717) is 29.2 Å². The van der Waals surface area contributed by atoms with Gasteiger partial charge in [-0.3, -0.25) is 15.0 Å². The van der Waals surface area contributed by atoms with E-state index in [9.17, 15) is 14.9 Å². The number of amides is 1. The molecule has 2 rings (SSSR count). The van der Waals surface area contributed by atoms with Crippen LogP contribution < -0.4 is 21.6 Å². The topological polar surface area (TPSA) is 134 Å². The van der Waals surface area contributed by atoms with Crippen LogP contribution in [0.25, 0.3) is 11.3 Å². The number of H-pyrrole nitrogens is 1. The van der Waals surface area contributed by atoms with Gasteiger partial charge in [0.05, 0.1) is 17.9 Å². The third kappa shape index (κ3) is 3.53. The minimum absolute atomic E-state index is 0.165. The third-order valence-electron chi connectivity index (χ3n) is 3.04. The van der Waals surface area contributed by atoms with Crippen molar-refractivity contribution in [2.75, 3.05) is 6.61 Å². The highest BCUT2D eigenvalue weighted by Gasteiger charge is 2.13. The Bertz CT molecular complexity index is 823. The zero-order valence-corrected chi connectivity index (χ0v) is 12.4. The SMILES string of the molecule is CCCOc1ccc(-c2cc(C(=O)NN)c(=O)[nH]n2)cc1C#N. The van der Waals surface area contributed by atoms with Gasteiger partial charge in [0.1, 0.15) is 17.4 Å². The quantitative estimate of drug-likeness (QED) is 0.422. The smallest absolute Gasteiger partial charge is 0.277 e. The molecule has 23 heavy (non-hydrogen) atoms. The highest BCUT2D eigenvalue weighted by atomic mass is 16.5. The van der Waals surface area contributed by atoms with Crippen LogP contribution in [-0.4, -0.2) is 22.7 Å². The lowest BCUT2D eigenvalue weighted by atomic mass is 10.1. The van der Waals surface area contributed by atoms with E-state index in [2.05, 4.69) is 16.3 Å². The second-order valence-electron chi connectivity index (χ2n) is 4.64. The first-order chi connectivity index (χ1) is 11.1. The Kier molecular flexibility index (Phi) is 5.07. The van der Waals surface area contributed by atoms with Crippen LogP contribution in [0.15, 0.2) is 29.1 Å². The molecule has 0 aliphatic rings. The number of nitrogens with zero attached hydrogens (tertiary/aromatic N) is 2. The molecule has 0 aliphatic carbocycles. The molecule has 0 bridgehead atoms. The number of nitrogens with one attached hydrogen (secondary N) is 2. The predicted octanol–water partition coefficient (Wildman–Crippen LogP) is 0.701. The number of rotatable bonds is 5. The molecule has 0 saturated heterocycles. The van der Waals surface area contributed by atoms with E-state index in [1.54, 1.807) is 18.2 Å². The average Bonchev–Trinajstić information content (AvgIpc) is 2.59. The van der Waals surface area contributed by atoms with Gasteiger partial charge in [0.15, 0.2) is 0 Å². The van der Waals surface area contributed by atoms with Crippen molar-refractivity contribution in [3.8, 4) is 23.1 Å². The molecule has 1 aromatic heterocycles. The molecular formula is C15H15N5O3. The van der Waals surface area contributed by atoms with Crippen LogP contribution in [-0.2, 0) is 0 Å². The van der Waals surface area contributed by atoms with Crippen molar-refractivity contribution in [3.05, 3.63) is 45.7 Å². The summed E-state index contributed by atoms with van der Waals surface area (Å²) in [5.41, 5.74) is 2.32. The first-order valence-electron chi connectivity index (χ1n) is 6.88. The van der Waals surface area contributed by atoms with Crippen LogP contribution in [0.4, 0.5) is 0 Å². The summed E-state index contributed by atoms with van der Waals surface area (Å²) in [7, 11) is 0. The van der Waals surface area contributed by atoms with Gasteiger partial charge >= 0.3 is 0 Å². The third-order valence-corrected chi connectivity index (χ3v) is 3.04. The second kappa shape index (κ2) is 7.20. The van der Waals surface area contributed by atoms with Gasteiger partial charge in [-0.05, 0) is 30.7 Å². The van der Waals surface area contributed by atoms with Crippen LogP contribution in [0.5, 0.6) is 5.75 Å². The number of aromatic nitrogens is 2. The number of hydrogen-bond donors (Lipinski definition) is 3. The molecule has 8 nitrogen and oxygen atoms in total. The molecular weight excluding hydrogens is 298 g/mol. The summed E-state index contributed by atoms with van der Waals surface area (Å²) in [5.74, 6) is 4.79. The molecule has 0 spiro atoms. The van der Waals surface area contributed by atoms with Gasteiger partial charge in [-0.15, -0.1) is 0 Å². The van der Waals surface area contributed by atoms with Crippen LogP contribution in [0.1, 0.15) is 29.3 Å². The molecule has 2 aromatic rings. The minimum Gasteiger partial charge on any atom is -0.492 e. The van der Waals surface area contributed by atoms with E-state index in [1.165, 1.54) is 6.07 Å². The molecule has 1 heterocycles. The first-order valence-corrected chi connectivity index (χ1v) is 6.88. The number of ether oxygens (including phenoxy) is 1. The lowest BCUT2D eigenvalue weighted by Crippen LogP contribution is -2.34. The normalized spacial score (nSPS) is 9.96. The Morgan fingerprint density at radius 1 is 1.48 bits per heavy atom. The van der Waals surface area contributed by atoms with E-state index in [4.69, 9.17) is 10.6 Å². The molecule has 8 heteroatoms. The van der Waals surface area contributed by atoms with Crippen molar-refractivity contribution in [1.29, 1.82) is 5.26 Å². The number of aromatic amines is 1. The van der Waals surface area contributed by atoms with Crippen molar-refractivity contribution in [1.82, 2.24) is 15.6 Å². The zero-order chi connectivity index (χ0) is 16.8. The van der Waals surface area contributed by atoms with Gasteiger partial charge in [-0.25, -0.2) is 10.9 Å². The number of nitrogen functional groups attached to an aromatic ring is 1. The van der Waals surface area contributed by atoms with Crippen LogP contribution in [0.2, 0.25) is 0 Å². The van der Waals surface area contributed by atoms with Crippen molar-refractivity contribution in [2.45, 2.75) is 13.3 Å². The van der Waals surface area contributed by atoms with E-state index in [0.717, 1.165) is 6.42 Å². The molecule has 0 aliphatic heterocycles. The molecule has 0 radical (unpaired) electrons. The van der Waals surface area contributed by atoms with Crippen molar-refractivity contribution in [3.63, 3.8) is 0 Å². The maximum absolute atomic E-state index is 11.6. The Balaban J connectivity index is 2.45. The Morgan fingerprint density at radius 2 is 2.26 bits per heavy atom. The summed E-state index contributed by atoms with van der Waals surface area (Å²) in [6.07, 6.45) is 0.825. The molecule has 4 N–H and O–H groups in total. The highest BCUT2D eigenvalue weighted by Crippen LogP contribution is 2.25. The molecule has 1 amide bonds. The molecule has 0 atom stereocenters. The van der Waals surface area contributed by atoms with Crippen LogP contribution in [0, 0.1) is 11.3 Å². The number of nitriles is 1. The predicted molar refractivity (Wildman–Crippen MR) is 82.4 cm³/mol. The lowest BCUT2D eigenvalue weighted by Gasteiger charge is -2.08. The van der Waals surface area contributed by atoms with Gasteiger partial charge in [0.2, 0.25) is 0 Å². The zero-order valence-electron chi connectivity index (χ0n) is 12.4. The van der Waals surface area contributed by atoms with Crippen LogP contribution >= 0.6 is 0 Å². The average molecular weight is 313 g/mol. The van der Waals surface area contributed by atoms with Gasteiger partial charge in [0, 0.05) is 5.56 Å². The maximum Gasteiger partial charge on any atom is 0.277 e. The summed E-state index contributed by atoms with van der Waals surface area (Å²) in [5, 5.41) is 15.3. The fourth-order valence-electron chi connectivity index (χ4n) is 1.91. The Labute approximate surface area is 131 Å². The number of benzene rings is 1. The van der Waals surface area contributed by atoms with E-state index < -0.39 is 11.5 Å². The fraction of sp³-hybridized carbons (Fsp3) is 0.200. The number of hydrogen-bond acceptors (Lipinski definition) is 6. The summed E-state index contributed by atoms with van der Waals surface area (Å²) in [4.78, 5) is 23.1. The maximum atomic E-state index is 11.6. The summed E-state index contributed by atoms with van der Waals surface area (Å²) < 4.78 is 5.49. The molecule has 118 valence electrons. The number of carbonyl (C=O) groups excluding carboxylic acids is 1. The fourth-order valence-corrected chi connectivity index (χ4v) is 1.91. The van der Waals surface area contributed by atoms with Gasteiger partial charge < -0.3 is 4.74 Å². The van der Waals surface area contributed by atoms with Gasteiger partial charge in [-0.2, -0.15) is 10.4 Å². The highest BCUT2D eigenvalue weighted by molar-refractivity contribution is 5.94. The van der Waals surface area contributed by atoms with Crippen molar-refractivity contribution >= 4 is 5.91 Å². The standard InChI is InChI=1S/C15H15N5O3/c1-2-5-23-13-4-3-9(6-10(13)8-16)12-7-11(14(21)18-17)15(22)20-19-12/h3-4,6-7H,2,5,17H2,1H3,(H,18,21)(H,20,22). The van der Waals surface area contributed by atoms with Crippen molar-refractivity contribution < 1.29 is 9.53 Å². The Morgan fingerprint density at radius 3 is 2.91 bits per heavy atom. The lowest BCUT2D eigenvalue weighted by molar-refractivity contribution is 0.0952. The largest absolute Gasteiger partial charge is 0.492 e. The van der Waals surface area contributed by atoms with Gasteiger partial charge in [-0.1, -0.05) is 6.92 Å². The molecule has 0 fully saturated rings. The molecule has 0 saturated carbocycles. The number of nitrogens with two attached hydrogens (primary N) is 1. The van der Waals surface area contributed by atoms with E-state index in [1.807, 2.05) is 12.3 Å². The summed E-state index contributed by atoms with van der Waals surface area (Å²) >= 11 is 0. The van der Waals surface area contributed by atoms with Crippen molar-refractivity contribution in [2.24, 2.45) is 5.84 Å². The number of carbonyl (C=O) groups is 1. The molecule has 1 aromatic carbocycles. The monoisotopic (exact) mass is 313 g/mol. The summed E-state index contributed by atoms with van der Waals surface area (Å²) in [6, 6.07) is 8.28. The summed E-state index contributed by atoms with van der Waals surface area (Å²) in [6.45, 7) is 2.47. The van der Waals surface area contributed by atoms with E-state index in [-0.39, 0.29) is 5.56 Å². The van der Waals surface area contributed by atoms with Gasteiger partial charge in [0.25, 0.3) is 11.5 Å². The second-order valence-corrected chi connectivity index (χ2v) is 4.64. The number of hydrazine groups is 1. The Hall–Kier alpha value is -3.18. The van der Waals surface area contributed by atoms with E-state index >= 15 is 0 Å².